The summed E-state index contributed by atoms with van der Waals surface area (Å²) in [6.07, 6.45) is 5.36. The molecule has 0 spiro atoms. The van der Waals surface area contributed by atoms with Crippen LogP contribution in [0.2, 0.25) is 0 Å². The van der Waals surface area contributed by atoms with Crippen LogP contribution >= 0.6 is 0 Å². The van der Waals surface area contributed by atoms with Crippen LogP contribution in [-0.2, 0) is 0 Å². The molecule has 1 aliphatic carbocycles. The predicted molar refractivity (Wildman–Crippen MR) is 74.3 cm³/mol. The zero-order valence-corrected chi connectivity index (χ0v) is 11.7. The molecule has 2 heterocycles. The van der Waals surface area contributed by atoms with E-state index in [1.54, 1.807) is 10.8 Å². The lowest BCUT2D eigenvalue weighted by Gasteiger charge is -2.27. The summed E-state index contributed by atoms with van der Waals surface area (Å²) in [5.41, 5.74) is 2.80. The third-order valence-corrected chi connectivity index (χ3v) is 3.87. The van der Waals surface area contributed by atoms with Gasteiger partial charge in [-0.15, -0.1) is 10.2 Å². The third-order valence-electron chi connectivity index (χ3n) is 3.87. The van der Waals surface area contributed by atoms with Crippen LogP contribution < -0.4 is 5.32 Å². The Hall–Kier alpha value is -1.69. The molecule has 6 nitrogen and oxygen atoms in total. The van der Waals surface area contributed by atoms with E-state index < -0.39 is 0 Å². The van der Waals surface area contributed by atoms with Crippen molar-refractivity contribution in [2.24, 2.45) is 0 Å². The van der Waals surface area contributed by atoms with Crippen molar-refractivity contribution in [2.45, 2.75) is 38.3 Å². The van der Waals surface area contributed by atoms with Crippen LogP contribution in [0.5, 0.6) is 0 Å². The average Bonchev–Trinajstić information content (AvgIpc) is 2.96. The summed E-state index contributed by atoms with van der Waals surface area (Å²) in [7, 11) is 4.30. The van der Waals surface area contributed by atoms with E-state index in [-0.39, 0.29) is 0 Å². The van der Waals surface area contributed by atoms with Gasteiger partial charge in [-0.3, -0.25) is 0 Å². The molecule has 1 aliphatic rings. The zero-order chi connectivity index (χ0) is 13.4. The topological polar surface area (TPSA) is 58.3 Å². The van der Waals surface area contributed by atoms with E-state index in [9.17, 15) is 0 Å². The highest BCUT2D eigenvalue weighted by Gasteiger charge is 2.29. The predicted octanol–water partition coefficient (Wildman–Crippen LogP) is 1.33. The molecule has 2 aromatic heterocycles. The Morgan fingerprint density at radius 3 is 3.00 bits per heavy atom. The fourth-order valence-electron chi connectivity index (χ4n) is 2.99. The van der Waals surface area contributed by atoms with Gasteiger partial charge in [-0.25, -0.2) is 0 Å². The van der Waals surface area contributed by atoms with Crippen molar-refractivity contribution in [1.82, 2.24) is 24.7 Å². The summed E-state index contributed by atoms with van der Waals surface area (Å²) in [6, 6.07) is 3.10. The van der Waals surface area contributed by atoms with Crippen molar-refractivity contribution < 1.29 is 0 Å². The van der Waals surface area contributed by atoms with Crippen molar-refractivity contribution in [3.63, 3.8) is 0 Å². The van der Waals surface area contributed by atoms with Crippen molar-refractivity contribution in [3.05, 3.63) is 18.1 Å². The van der Waals surface area contributed by atoms with Crippen LogP contribution in [0.1, 0.15) is 25.0 Å². The van der Waals surface area contributed by atoms with E-state index >= 15 is 0 Å². The molecule has 1 saturated carbocycles. The number of anilines is 1. The van der Waals surface area contributed by atoms with E-state index in [1.165, 1.54) is 19.3 Å². The maximum atomic E-state index is 4.37. The van der Waals surface area contributed by atoms with Gasteiger partial charge in [0.2, 0.25) is 5.65 Å². The lowest BCUT2D eigenvalue weighted by atomic mass is 10.1. The number of fused-ring (bicyclic) bond motifs is 1. The minimum atomic E-state index is 0.470. The van der Waals surface area contributed by atoms with Gasteiger partial charge in [-0.2, -0.15) is 9.61 Å². The number of hydrogen-bond acceptors (Lipinski definition) is 5. The summed E-state index contributed by atoms with van der Waals surface area (Å²) in [5.74, 6) is 0. The monoisotopic (exact) mass is 260 g/mol. The highest BCUT2D eigenvalue weighted by atomic mass is 15.3. The quantitative estimate of drug-likeness (QED) is 0.902. The number of nitrogens with one attached hydrogen (secondary N) is 1. The van der Waals surface area contributed by atoms with Crippen molar-refractivity contribution in [3.8, 4) is 0 Å². The van der Waals surface area contributed by atoms with Crippen LogP contribution in [-0.4, -0.2) is 50.9 Å². The van der Waals surface area contributed by atoms with E-state index in [0.717, 1.165) is 17.0 Å². The lowest BCUT2D eigenvalue weighted by Crippen LogP contribution is -2.39. The SMILES string of the molecule is Cc1cc(N[C@@H]2CCC[C@H]2N(C)C)c2nncn2n1. The Balaban J connectivity index is 1.90. The van der Waals surface area contributed by atoms with Crippen LogP contribution in [0.25, 0.3) is 5.65 Å². The van der Waals surface area contributed by atoms with Crippen LogP contribution in [0.4, 0.5) is 5.69 Å². The Kier molecular flexibility index (Phi) is 3.10. The highest BCUT2D eigenvalue weighted by Crippen LogP contribution is 2.27. The van der Waals surface area contributed by atoms with E-state index in [2.05, 4.69) is 45.7 Å². The second-order valence-electron chi connectivity index (χ2n) is 5.51. The number of aryl methyl sites for hydroxylation is 1. The smallest absolute Gasteiger partial charge is 0.200 e. The first kappa shape index (κ1) is 12.3. The van der Waals surface area contributed by atoms with E-state index in [4.69, 9.17) is 0 Å². The summed E-state index contributed by atoms with van der Waals surface area (Å²) < 4.78 is 1.73. The molecule has 0 bridgehead atoms. The number of rotatable bonds is 3. The minimum Gasteiger partial charge on any atom is -0.378 e. The Morgan fingerprint density at radius 1 is 1.37 bits per heavy atom. The maximum Gasteiger partial charge on any atom is 0.200 e. The minimum absolute atomic E-state index is 0.470. The van der Waals surface area contributed by atoms with Gasteiger partial charge in [0.25, 0.3) is 0 Å². The molecule has 0 radical (unpaired) electrons. The van der Waals surface area contributed by atoms with Crippen LogP contribution in [0, 0.1) is 6.92 Å². The van der Waals surface area contributed by atoms with E-state index in [1.807, 2.05) is 6.92 Å². The fourth-order valence-corrected chi connectivity index (χ4v) is 2.99. The fraction of sp³-hybridized carbons (Fsp3) is 0.615. The molecule has 3 rings (SSSR count). The summed E-state index contributed by atoms with van der Waals surface area (Å²) in [6.45, 7) is 1.99. The lowest BCUT2D eigenvalue weighted by molar-refractivity contribution is 0.285. The zero-order valence-electron chi connectivity index (χ0n) is 11.7. The van der Waals surface area contributed by atoms with Crippen LogP contribution in [0.15, 0.2) is 12.4 Å². The molecule has 0 unspecified atom stereocenters. The highest BCUT2D eigenvalue weighted by molar-refractivity contribution is 5.67. The van der Waals surface area contributed by atoms with Gasteiger partial charge in [-0.1, -0.05) is 0 Å². The maximum absolute atomic E-state index is 4.37. The molecule has 2 aromatic rings. The van der Waals surface area contributed by atoms with Crippen molar-refractivity contribution in [2.75, 3.05) is 19.4 Å². The number of nitrogens with zero attached hydrogens (tertiary/aromatic N) is 5. The Morgan fingerprint density at radius 2 is 2.21 bits per heavy atom. The van der Waals surface area contributed by atoms with Gasteiger partial charge in [0, 0.05) is 12.1 Å². The molecule has 19 heavy (non-hydrogen) atoms. The number of likely N-dealkylation sites (N-methyl/N-ethyl adjacent to an activating group) is 1. The van der Waals surface area contributed by atoms with Gasteiger partial charge in [0.05, 0.1) is 11.4 Å². The first-order valence-electron chi connectivity index (χ1n) is 6.76. The molecule has 0 aromatic carbocycles. The summed E-state index contributed by atoms with van der Waals surface area (Å²) >= 11 is 0. The standard InChI is InChI=1S/C13H20N6/c1-9-7-11(13-16-14-8-19(13)17-9)15-10-5-4-6-12(10)18(2)3/h7-8,10,12,15H,4-6H2,1-3H3/t10-,12-/m1/s1. The molecule has 1 N–H and O–H groups in total. The van der Waals surface area contributed by atoms with Crippen molar-refractivity contribution in [1.29, 1.82) is 0 Å². The first-order chi connectivity index (χ1) is 9.15. The van der Waals surface area contributed by atoms with E-state index in [0.29, 0.717) is 12.1 Å². The Labute approximate surface area is 112 Å². The molecular formula is C13H20N6. The Bertz CT molecular complexity index is 576. The molecular weight excluding hydrogens is 240 g/mol. The summed E-state index contributed by atoms with van der Waals surface area (Å²) in [5, 5.41) is 16.1. The van der Waals surface area contributed by atoms with Crippen molar-refractivity contribution >= 4 is 11.3 Å². The molecule has 102 valence electrons. The molecule has 0 saturated heterocycles. The van der Waals surface area contributed by atoms with Gasteiger partial charge < -0.3 is 10.2 Å². The molecule has 0 aliphatic heterocycles. The average molecular weight is 260 g/mol. The third kappa shape index (κ3) is 2.28. The van der Waals surface area contributed by atoms with Gasteiger partial charge in [0.15, 0.2) is 0 Å². The second-order valence-corrected chi connectivity index (χ2v) is 5.51. The number of aromatic nitrogens is 4. The van der Waals surface area contributed by atoms with Gasteiger partial charge >= 0.3 is 0 Å². The normalized spacial score (nSPS) is 23.4. The van der Waals surface area contributed by atoms with Gasteiger partial charge in [-0.05, 0) is 46.3 Å². The molecule has 6 heteroatoms. The molecule has 0 amide bonds. The molecule has 2 atom stereocenters. The number of hydrogen-bond donors (Lipinski definition) is 1. The summed E-state index contributed by atoms with van der Waals surface area (Å²) in [4.78, 5) is 2.31. The largest absolute Gasteiger partial charge is 0.378 e. The first-order valence-corrected chi connectivity index (χ1v) is 6.76. The second kappa shape index (κ2) is 4.77. The molecule has 1 fully saturated rings. The van der Waals surface area contributed by atoms with Gasteiger partial charge in [0.1, 0.15) is 6.33 Å². The van der Waals surface area contributed by atoms with Crippen LogP contribution in [0.3, 0.4) is 0 Å².